The number of aliphatic carboxylic acids is 1. The summed E-state index contributed by atoms with van der Waals surface area (Å²) in [5.74, 6) is -0.0772. The number of hydrogen-bond donors (Lipinski definition) is 3. The molecule has 1 aliphatic rings. The first kappa shape index (κ1) is 14.5. The molecule has 0 amide bonds. The van der Waals surface area contributed by atoms with Crippen molar-refractivity contribution in [1.29, 1.82) is 0 Å². The number of hydrogen-bond acceptors (Lipinski definition) is 3. The highest BCUT2D eigenvalue weighted by molar-refractivity contribution is 5.79. The van der Waals surface area contributed by atoms with Gasteiger partial charge in [-0.3, -0.25) is 10.1 Å². The molecule has 0 aromatic rings. The molecule has 100 valence electrons. The maximum Gasteiger partial charge on any atom is 0.324 e. The number of carboxylic acids is 1. The minimum Gasteiger partial charge on any atom is -0.480 e. The van der Waals surface area contributed by atoms with E-state index in [9.17, 15) is 15.0 Å². The van der Waals surface area contributed by atoms with Gasteiger partial charge in [0.1, 0.15) is 11.8 Å². The Hall–Kier alpha value is -0.610. The predicted molar refractivity (Wildman–Crippen MR) is 66.5 cm³/mol. The minimum atomic E-state index is -0.972. The van der Waals surface area contributed by atoms with Crippen molar-refractivity contribution in [2.45, 2.75) is 58.7 Å². The van der Waals surface area contributed by atoms with E-state index in [-0.39, 0.29) is 5.92 Å². The van der Waals surface area contributed by atoms with Crippen LogP contribution in [0.5, 0.6) is 0 Å². The molecule has 4 heteroatoms. The van der Waals surface area contributed by atoms with Gasteiger partial charge in [-0.1, -0.05) is 27.2 Å². The van der Waals surface area contributed by atoms with Gasteiger partial charge in [0.05, 0.1) is 0 Å². The normalized spacial score (nSPS) is 35.9. The van der Waals surface area contributed by atoms with Crippen LogP contribution in [0.1, 0.15) is 47.0 Å². The van der Waals surface area contributed by atoms with Crippen LogP contribution in [0.4, 0.5) is 0 Å². The van der Waals surface area contributed by atoms with Crippen molar-refractivity contribution in [3.8, 4) is 0 Å². The number of carboxylic acid groups (broad SMARTS) is 1. The summed E-state index contributed by atoms with van der Waals surface area (Å²) in [4.78, 5) is 11.7. The van der Waals surface area contributed by atoms with Crippen LogP contribution in [0.25, 0.3) is 0 Å². The van der Waals surface area contributed by atoms with Crippen LogP contribution in [-0.4, -0.2) is 27.9 Å². The zero-order chi connectivity index (χ0) is 13.2. The van der Waals surface area contributed by atoms with Crippen molar-refractivity contribution in [3.05, 3.63) is 0 Å². The van der Waals surface area contributed by atoms with Gasteiger partial charge < -0.3 is 10.2 Å². The van der Waals surface area contributed by atoms with E-state index in [2.05, 4.69) is 26.1 Å². The zero-order valence-electron chi connectivity index (χ0n) is 11.2. The Balaban J connectivity index is 3.05. The van der Waals surface area contributed by atoms with E-state index in [1.807, 2.05) is 0 Å². The summed E-state index contributed by atoms with van der Waals surface area (Å²) in [5.41, 5.74) is -0.972. The molecule has 0 aromatic carbocycles. The van der Waals surface area contributed by atoms with Crippen molar-refractivity contribution in [2.75, 3.05) is 0 Å². The SMILES string of the molecule is CC1CCC(C(C)C)C(NC(C)O)(C(=O)O)C1. The summed E-state index contributed by atoms with van der Waals surface area (Å²) >= 11 is 0. The lowest BCUT2D eigenvalue weighted by molar-refractivity contribution is -0.154. The first-order chi connectivity index (χ1) is 7.79. The monoisotopic (exact) mass is 243 g/mol. The van der Waals surface area contributed by atoms with Crippen LogP contribution < -0.4 is 5.32 Å². The minimum absolute atomic E-state index is 0.0748. The van der Waals surface area contributed by atoms with Crippen molar-refractivity contribution in [2.24, 2.45) is 17.8 Å². The molecule has 4 nitrogen and oxygen atoms in total. The van der Waals surface area contributed by atoms with E-state index in [0.29, 0.717) is 18.3 Å². The van der Waals surface area contributed by atoms with Crippen LogP contribution in [0.15, 0.2) is 0 Å². The topological polar surface area (TPSA) is 69.6 Å². The average molecular weight is 243 g/mol. The maximum atomic E-state index is 11.7. The fourth-order valence-corrected chi connectivity index (χ4v) is 3.26. The van der Waals surface area contributed by atoms with Gasteiger partial charge in [-0.25, -0.2) is 0 Å². The number of rotatable bonds is 4. The largest absolute Gasteiger partial charge is 0.480 e. The first-order valence-corrected chi connectivity index (χ1v) is 6.48. The Labute approximate surface area is 103 Å². The Morgan fingerprint density at radius 2 is 1.94 bits per heavy atom. The molecule has 1 fully saturated rings. The molecule has 3 N–H and O–H groups in total. The average Bonchev–Trinajstić information content (AvgIpc) is 2.15. The number of aliphatic hydroxyl groups excluding tert-OH is 1. The van der Waals surface area contributed by atoms with E-state index in [1.54, 1.807) is 6.92 Å². The van der Waals surface area contributed by atoms with Crippen LogP contribution in [0.2, 0.25) is 0 Å². The molecule has 0 bridgehead atoms. The van der Waals surface area contributed by atoms with Crippen LogP contribution >= 0.6 is 0 Å². The molecule has 1 saturated carbocycles. The smallest absolute Gasteiger partial charge is 0.324 e. The molecule has 4 atom stereocenters. The van der Waals surface area contributed by atoms with Crippen molar-refractivity contribution in [1.82, 2.24) is 5.32 Å². The second kappa shape index (κ2) is 5.36. The third-order valence-corrected chi connectivity index (χ3v) is 3.93. The molecule has 1 rings (SSSR count). The molecule has 0 heterocycles. The Morgan fingerprint density at radius 3 is 2.35 bits per heavy atom. The molecule has 0 aromatic heterocycles. The number of nitrogens with one attached hydrogen (secondary N) is 1. The molecule has 1 aliphatic carbocycles. The predicted octanol–water partition coefficient (Wildman–Crippen LogP) is 1.83. The van der Waals surface area contributed by atoms with Crippen LogP contribution in [-0.2, 0) is 4.79 Å². The van der Waals surface area contributed by atoms with E-state index in [4.69, 9.17) is 0 Å². The molecule has 0 spiro atoms. The van der Waals surface area contributed by atoms with Crippen molar-refractivity contribution >= 4 is 5.97 Å². The van der Waals surface area contributed by atoms with E-state index in [1.165, 1.54) is 0 Å². The quantitative estimate of drug-likeness (QED) is 0.659. The van der Waals surface area contributed by atoms with Crippen LogP contribution in [0, 0.1) is 17.8 Å². The molecule has 0 radical (unpaired) electrons. The highest BCUT2D eigenvalue weighted by Crippen LogP contribution is 2.41. The fraction of sp³-hybridized carbons (Fsp3) is 0.923. The fourth-order valence-electron chi connectivity index (χ4n) is 3.26. The molecular formula is C13H25NO3. The Kier molecular flexibility index (Phi) is 4.55. The van der Waals surface area contributed by atoms with Gasteiger partial charge >= 0.3 is 5.97 Å². The van der Waals surface area contributed by atoms with Crippen molar-refractivity contribution < 1.29 is 15.0 Å². The van der Waals surface area contributed by atoms with Crippen LogP contribution in [0.3, 0.4) is 0 Å². The highest BCUT2D eigenvalue weighted by Gasteiger charge is 2.50. The number of carbonyl (C=O) groups is 1. The lowest BCUT2D eigenvalue weighted by Crippen LogP contribution is -2.63. The Bertz CT molecular complexity index is 274. The molecule has 0 aliphatic heterocycles. The lowest BCUT2D eigenvalue weighted by Gasteiger charge is -2.46. The summed E-state index contributed by atoms with van der Waals surface area (Å²) in [7, 11) is 0. The molecule has 17 heavy (non-hydrogen) atoms. The molecule has 0 saturated heterocycles. The van der Waals surface area contributed by atoms with E-state index >= 15 is 0 Å². The summed E-state index contributed by atoms with van der Waals surface area (Å²) in [6.45, 7) is 7.78. The second-order valence-corrected chi connectivity index (χ2v) is 5.83. The van der Waals surface area contributed by atoms with Gasteiger partial charge in [-0.05, 0) is 37.5 Å². The number of aliphatic hydroxyl groups is 1. The van der Waals surface area contributed by atoms with Gasteiger partial charge in [0.15, 0.2) is 0 Å². The molecular weight excluding hydrogens is 218 g/mol. The summed E-state index contributed by atoms with van der Waals surface area (Å²) in [6.07, 6.45) is 1.78. The Morgan fingerprint density at radius 1 is 1.35 bits per heavy atom. The summed E-state index contributed by atoms with van der Waals surface area (Å²) in [6, 6.07) is 0. The summed E-state index contributed by atoms with van der Waals surface area (Å²) < 4.78 is 0. The molecule has 4 unspecified atom stereocenters. The first-order valence-electron chi connectivity index (χ1n) is 6.48. The third-order valence-electron chi connectivity index (χ3n) is 3.93. The summed E-state index contributed by atoms with van der Waals surface area (Å²) in [5, 5.41) is 22.0. The van der Waals surface area contributed by atoms with Crippen molar-refractivity contribution in [3.63, 3.8) is 0 Å². The lowest BCUT2D eigenvalue weighted by atomic mass is 9.65. The zero-order valence-corrected chi connectivity index (χ0v) is 11.2. The highest BCUT2D eigenvalue weighted by atomic mass is 16.4. The van der Waals surface area contributed by atoms with Gasteiger partial charge in [0.25, 0.3) is 0 Å². The standard InChI is InChI=1S/C13H25NO3/c1-8(2)11-6-5-9(3)7-13(11,12(16)17)14-10(4)15/h8-11,14-15H,5-7H2,1-4H3,(H,16,17). The van der Waals surface area contributed by atoms with Gasteiger partial charge in [0, 0.05) is 0 Å². The van der Waals surface area contributed by atoms with Gasteiger partial charge in [-0.2, -0.15) is 0 Å². The van der Waals surface area contributed by atoms with Gasteiger partial charge in [-0.15, -0.1) is 0 Å². The second-order valence-electron chi connectivity index (χ2n) is 5.83. The van der Waals surface area contributed by atoms with E-state index < -0.39 is 17.7 Å². The maximum absolute atomic E-state index is 11.7. The third kappa shape index (κ3) is 2.99. The van der Waals surface area contributed by atoms with Gasteiger partial charge in [0.2, 0.25) is 0 Å². The van der Waals surface area contributed by atoms with E-state index in [0.717, 1.165) is 12.8 Å².